The summed E-state index contributed by atoms with van der Waals surface area (Å²) < 4.78 is 0. The van der Waals surface area contributed by atoms with Gasteiger partial charge >= 0.3 is 0 Å². The SMILES string of the molecule is CCCNC(=O)C1(CC)CCCCC1. The molecular formula is C12H23NO. The van der Waals surface area contributed by atoms with Crippen LogP contribution in [0.2, 0.25) is 0 Å². The van der Waals surface area contributed by atoms with Crippen LogP contribution in [0, 0.1) is 5.41 Å². The Morgan fingerprint density at radius 2 is 1.86 bits per heavy atom. The average molecular weight is 197 g/mol. The van der Waals surface area contributed by atoms with Crippen LogP contribution in [0.15, 0.2) is 0 Å². The molecule has 0 unspecified atom stereocenters. The summed E-state index contributed by atoms with van der Waals surface area (Å²) in [6.07, 6.45) is 8.00. The number of hydrogen-bond acceptors (Lipinski definition) is 1. The van der Waals surface area contributed by atoms with Gasteiger partial charge in [-0.1, -0.05) is 33.1 Å². The Bertz CT molecular complexity index is 183. The fourth-order valence-corrected chi connectivity index (χ4v) is 2.40. The van der Waals surface area contributed by atoms with Gasteiger partial charge in [-0.25, -0.2) is 0 Å². The van der Waals surface area contributed by atoms with Crippen molar-refractivity contribution in [3.05, 3.63) is 0 Å². The standard InChI is InChI=1S/C12H23NO/c1-3-10-13-11(14)12(4-2)8-6-5-7-9-12/h3-10H2,1-2H3,(H,13,14). The van der Waals surface area contributed by atoms with E-state index in [2.05, 4.69) is 19.2 Å². The lowest BCUT2D eigenvalue weighted by Crippen LogP contribution is -2.42. The van der Waals surface area contributed by atoms with Gasteiger partial charge in [-0.05, 0) is 25.7 Å². The normalized spacial score (nSPS) is 20.4. The van der Waals surface area contributed by atoms with E-state index in [4.69, 9.17) is 0 Å². The molecule has 0 atom stereocenters. The van der Waals surface area contributed by atoms with Gasteiger partial charge in [0.25, 0.3) is 0 Å². The Labute approximate surface area is 87.5 Å². The summed E-state index contributed by atoms with van der Waals surface area (Å²) in [7, 11) is 0. The van der Waals surface area contributed by atoms with Gasteiger partial charge in [-0.15, -0.1) is 0 Å². The van der Waals surface area contributed by atoms with E-state index < -0.39 is 0 Å². The zero-order valence-corrected chi connectivity index (χ0v) is 9.57. The fourth-order valence-electron chi connectivity index (χ4n) is 2.40. The molecule has 2 nitrogen and oxygen atoms in total. The first-order chi connectivity index (χ1) is 6.75. The second-order valence-corrected chi connectivity index (χ2v) is 4.45. The molecule has 0 bridgehead atoms. The van der Waals surface area contributed by atoms with E-state index in [0.717, 1.165) is 32.2 Å². The van der Waals surface area contributed by atoms with E-state index in [1.54, 1.807) is 0 Å². The Kier molecular flexibility index (Phi) is 4.43. The summed E-state index contributed by atoms with van der Waals surface area (Å²) in [5.41, 5.74) is -0.0204. The lowest BCUT2D eigenvalue weighted by Gasteiger charge is -2.34. The highest BCUT2D eigenvalue weighted by molar-refractivity contribution is 5.82. The molecule has 0 radical (unpaired) electrons. The first-order valence-electron chi connectivity index (χ1n) is 6.03. The molecule has 1 N–H and O–H groups in total. The summed E-state index contributed by atoms with van der Waals surface area (Å²) in [6.45, 7) is 5.08. The second kappa shape index (κ2) is 5.38. The number of amides is 1. The van der Waals surface area contributed by atoms with Crippen LogP contribution in [0.5, 0.6) is 0 Å². The van der Waals surface area contributed by atoms with E-state index >= 15 is 0 Å². The van der Waals surface area contributed by atoms with Crippen molar-refractivity contribution in [1.82, 2.24) is 5.32 Å². The molecule has 0 heterocycles. The zero-order valence-electron chi connectivity index (χ0n) is 9.57. The highest BCUT2D eigenvalue weighted by atomic mass is 16.2. The average Bonchev–Trinajstić information content (AvgIpc) is 2.26. The maximum atomic E-state index is 12.0. The van der Waals surface area contributed by atoms with Crippen molar-refractivity contribution in [2.75, 3.05) is 6.54 Å². The van der Waals surface area contributed by atoms with Crippen LogP contribution in [-0.2, 0) is 4.79 Å². The Balaban J connectivity index is 2.53. The van der Waals surface area contributed by atoms with Crippen LogP contribution < -0.4 is 5.32 Å². The van der Waals surface area contributed by atoms with Gasteiger partial charge in [0, 0.05) is 12.0 Å². The molecular weight excluding hydrogens is 174 g/mol. The molecule has 14 heavy (non-hydrogen) atoms. The van der Waals surface area contributed by atoms with Crippen LogP contribution in [0.4, 0.5) is 0 Å². The monoisotopic (exact) mass is 197 g/mol. The second-order valence-electron chi connectivity index (χ2n) is 4.45. The molecule has 0 saturated heterocycles. The first kappa shape index (κ1) is 11.5. The van der Waals surface area contributed by atoms with Crippen LogP contribution >= 0.6 is 0 Å². The summed E-state index contributed by atoms with van der Waals surface area (Å²) in [4.78, 5) is 12.0. The van der Waals surface area contributed by atoms with Crippen LogP contribution in [0.3, 0.4) is 0 Å². The van der Waals surface area contributed by atoms with Crippen LogP contribution in [-0.4, -0.2) is 12.5 Å². The number of hydrogen-bond donors (Lipinski definition) is 1. The Morgan fingerprint density at radius 1 is 1.21 bits per heavy atom. The number of nitrogens with one attached hydrogen (secondary N) is 1. The number of carbonyl (C=O) groups is 1. The maximum absolute atomic E-state index is 12.0. The quantitative estimate of drug-likeness (QED) is 0.737. The van der Waals surface area contributed by atoms with Crippen molar-refractivity contribution in [3.8, 4) is 0 Å². The van der Waals surface area contributed by atoms with E-state index in [1.807, 2.05) is 0 Å². The maximum Gasteiger partial charge on any atom is 0.226 e. The van der Waals surface area contributed by atoms with Crippen molar-refractivity contribution in [1.29, 1.82) is 0 Å². The Morgan fingerprint density at radius 3 is 2.36 bits per heavy atom. The van der Waals surface area contributed by atoms with Crippen molar-refractivity contribution < 1.29 is 4.79 Å². The van der Waals surface area contributed by atoms with Crippen molar-refractivity contribution in [2.45, 2.75) is 58.8 Å². The van der Waals surface area contributed by atoms with Gasteiger partial charge in [0.05, 0.1) is 0 Å². The molecule has 1 saturated carbocycles. The molecule has 1 fully saturated rings. The molecule has 0 aromatic heterocycles. The van der Waals surface area contributed by atoms with E-state index in [9.17, 15) is 4.79 Å². The molecule has 1 amide bonds. The lowest BCUT2D eigenvalue weighted by molar-refractivity contribution is -0.133. The van der Waals surface area contributed by atoms with Crippen LogP contribution in [0.1, 0.15) is 58.8 Å². The summed E-state index contributed by atoms with van der Waals surface area (Å²) in [5.74, 6) is 0.307. The zero-order chi connectivity index (χ0) is 10.4. The van der Waals surface area contributed by atoms with E-state index in [0.29, 0.717) is 5.91 Å². The molecule has 0 aromatic rings. The van der Waals surface area contributed by atoms with Crippen molar-refractivity contribution in [2.24, 2.45) is 5.41 Å². The molecule has 0 aromatic carbocycles. The van der Waals surface area contributed by atoms with Gasteiger partial charge < -0.3 is 5.32 Å². The minimum Gasteiger partial charge on any atom is -0.356 e. The molecule has 1 rings (SSSR count). The summed E-state index contributed by atoms with van der Waals surface area (Å²) in [5, 5.41) is 3.05. The molecule has 0 spiro atoms. The molecule has 1 aliphatic carbocycles. The molecule has 2 heteroatoms. The fraction of sp³-hybridized carbons (Fsp3) is 0.917. The summed E-state index contributed by atoms with van der Waals surface area (Å²) >= 11 is 0. The van der Waals surface area contributed by atoms with Gasteiger partial charge in [-0.2, -0.15) is 0 Å². The minimum atomic E-state index is -0.0204. The summed E-state index contributed by atoms with van der Waals surface area (Å²) in [6, 6.07) is 0. The molecule has 1 aliphatic rings. The third kappa shape index (κ3) is 2.49. The van der Waals surface area contributed by atoms with Gasteiger partial charge in [0.15, 0.2) is 0 Å². The smallest absolute Gasteiger partial charge is 0.226 e. The van der Waals surface area contributed by atoms with Gasteiger partial charge in [0.2, 0.25) is 5.91 Å². The largest absolute Gasteiger partial charge is 0.356 e. The third-order valence-corrected chi connectivity index (χ3v) is 3.50. The Hall–Kier alpha value is -0.530. The van der Waals surface area contributed by atoms with Gasteiger partial charge in [0.1, 0.15) is 0 Å². The number of carbonyl (C=O) groups excluding carboxylic acids is 1. The van der Waals surface area contributed by atoms with E-state index in [1.165, 1.54) is 19.3 Å². The highest BCUT2D eigenvalue weighted by Gasteiger charge is 2.37. The lowest BCUT2D eigenvalue weighted by atomic mass is 9.71. The van der Waals surface area contributed by atoms with Crippen LogP contribution in [0.25, 0.3) is 0 Å². The molecule has 0 aliphatic heterocycles. The molecule has 82 valence electrons. The van der Waals surface area contributed by atoms with E-state index in [-0.39, 0.29) is 5.41 Å². The van der Waals surface area contributed by atoms with Gasteiger partial charge in [-0.3, -0.25) is 4.79 Å². The minimum absolute atomic E-state index is 0.0204. The number of rotatable bonds is 4. The topological polar surface area (TPSA) is 29.1 Å². The van der Waals surface area contributed by atoms with Crippen molar-refractivity contribution >= 4 is 5.91 Å². The third-order valence-electron chi connectivity index (χ3n) is 3.50. The highest BCUT2D eigenvalue weighted by Crippen LogP contribution is 2.39. The predicted molar refractivity (Wildman–Crippen MR) is 59.1 cm³/mol. The predicted octanol–water partition coefficient (Wildman–Crippen LogP) is 2.87. The first-order valence-corrected chi connectivity index (χ1v) is 6.03. The van der Waals surface area contributed by atoms with Crippen molar-refractivity contribution in [3.63, 3.8) is 0 Å².